The normalized spacial score (nSPS) is 10.2. The molecule has 0 unspecified atom stereocenters. The average molecular weight is 366 g/mol. The lowest BCUT2D eigenvalue weighted by atomic mass is 10.1. The van der Waals surface area contributed by atoms with Crippen LogP contribution in [0.15, 0.2) is 24.3 Å². The molecule has 0 spiro atoms. The number of ether oxygens (including phenoxy) is 3. The van der Waals surface area contributed by atoms with E-state index >= 15 is 0 Å². The number of nitro groups is 1. The Kier molecular flexibility index (Phi) is 5.81. The van der Waals surface area contributed by atoms with Gasteiger partial charge in [-0.15, -0.1) is 0 Å². The Labute approximate surface area is 148 Å². The quantitative estimate of drug-likeness (QED) is 0.553. The minimum atomic E-state index is -0.515. The summed E-state index contributed by atoms with van der Waals surface area (Å²) in [5.41, 5.74) is 0.724. The van der Waals surface area contributed by atoms with Crippen molar-refractivity contribution >= 4 is 22.2 Å². The molecule has 0 N–H and O–H groups in total. The third-order valence-corrected chi connectivity index (χ3v) is 4.55. The van der Waals surface area contributed by atoms with Crippen LogP contribution in [0.5, 0.6) is 17.2 Å². The van der Waals surface area contributed by atoms with Crippen LogP contribution in [0.2, 0.25) is 0 Å². The highest BCUT2D eigenvalue weighted by Gasteiger charge is 2.21. The van der Waals surface area contributed by atoms with Gasteiger partial charge in [0.25, 0.3) is 5.91 Å². The molecule has 0 aliphatic heterocycles. The topological polar surface area (TPSA) is 91.1 Å². The lowest BCUT2D eigenvalue weighted by Gasteiger charge is -2.20. The van der Waals surface area contributed by atoms with Crippen LogP contribution in [0.25, 0.3) is 0 Å². The third kappa shape index (κ3) is 3.82. The van der Waals surface area contributed by atoms with E-state index in [1.807, 2.05) is 0 Å². The predicted octanol–water partition coefficient (Wildman–Crippen LogP) is 2.95. The molecule has 25 heavy (non-hydrogen) atoms. The van der Waals surface area contributed by atoms with Gasteiger partial charge in [0, 0.05) is 25.2 Å². The fourth-order valence-electron chi connectivity index (χ4n) is 2.34. The van der Waals surface area contributed by atoms with Crippen LogP contribution in [0.3, 0.4) is 0 Å². The second kappa shape index (κ2) is 7.84. The summed E-state index contributed by atoms with van der Waals surface area (Å²) in [4.78, 5) is 24.5. The molecule has 0 aliphatic carbocycles. The number of methoxy groups -OCH3 is 3. The second-order valence-electron chi connectivity index (χ2n) is 5.05. The van der Waals surface area contributed by atoms with Crippen LogP contribution in [-0.4, -0.2) is 44.1 Å². The van der Waals surface area contributed by atoms with E-state index in [9.17, 15) is 14.9 Å². The van der Waals surface area contributed by atoms with E-state index in [0.29, 0.717) is 22.1 Å². The predicted molar refractivity (Wildman–Crippen MR) is 92.9 cm³/mol. The molecule has 1 heterocycles. The Hall–Kier alpha value is -2.81. The van der Waals surface area contributed by atoms with Gasteiger partial charge >= 0.3 is 5.00 Å². The molecule has 0 saturated heterocycles. The third-order valence-electron chi connectivity index (χ3n) is 3.52. The molecular weight excluding hydrogens is 348 g/mol. The van der Waals surface area contributed by atoms with Gasteiger partial charge in [0.05, 0.1) is 31.1 Å². The van der Waals surface area contributed by atoms with E-state index in [1.54, 1.807) is 19.2 Å². The molecule has 0 atom stereocenters. The monoisotopic (exact) mass is 366 g/mol. The van der Waals surface area contributed by atoms with Crippen molar-refractivity contribution in [2.75, 3.05) is 28.4 Å². The molecule has 0 aliphatic rings. The van der Waals surface area contributed by atoms with Crippen LogP contribution in [0.1, 0.15) is 15.2 Å². The van der Waals surface area contributed by atoms with E-state index in [2.05, 4.69) is 0 Å². The van der Waals surface area contributed by atoms with Crippen molar-refractivity contribution in [2.45, 2.75) is 6.54 Å². The van der Waals surface area contributed by atoms with Crippen molar-refractivity contribution in [3.05, 3.63) is 44.8 Å². The minimum Gasteiger partial charge on any atom is -0.493 e. The standard InChI is InChI=1S/C16H18N2O6S/c1-17(16(19)12-7-8-13(25-12)18(20)21)9-10-5-6-11(22-2)15(24-4)14(10)23-3/h5-8H,9H2,1-4H3. The maximum absolute atomic E-state index is 12.5. The Morgan fingerprint density at radius 2 is 1.80 bits per heavy atom. The molecule has 0 radical (unpaired) electrons. The Bertz CT molecular complexity index is 789. The molecular formula is C16H18N2O6S. The number of hydrogen-bond donors (Lipinski definition) is 0. The van der Waals surface area contributed by atoms with Gasteiger partial charge in [-0.3, -0.25) is 14.9 Å². The number of rotatable bonds is 7. The van der Waals surface area contributed by atoms with Gasteiger partial charge in [-0.25, -0.2) is 0 Å². The number of carbonyl (C=O) groups is 1. The van der Waals surface area contributed by atoms with Gasteiger partial charge in [0.2, 0.25) is 5.75 Å². The van der Waals surface area contributed by atoms with Gasteiger partial charge in [0.15, 0.2) is 11.5 Å². The largest absolute Gasteiger partial charge is 0.493 e. The van der Waals surface area contributed by atoms with E-state index in [0.717, 1.165) is 16.9 Å². The molecule has 9 heteroatoms. The zero-order valence-corrected chi connectivity index (χ0v) is 15.1. The lowest BCUT2D eigenvalue weighted by molar-refractivity contribution is -0.380. The maximum atomic E-state index is 12.5. The first-order valence-electron chi connectivity index (χ1n) is 7.20. The first-order valence-corrected chi connectivity index (χ1v) is 8.02. The summed E-state index contributed by atoms with van der Waals surface area (Å²) in [6.07, 6.45) is 0. The fourth-order valence-corrected chi connectivity index (χ4v) is 3.16. The molecule has 0 saturated carbocycles. The number of hydrogen-bond acceptors (Lipinski definition) is 7. The molecule has 1 amide bonds. The molecule has 8 nitrogen and oxygen atoms in total. The van der Waals surface area contributed by atoms with Crippen LogP contribution < -0.4 is 14.2 Å². The van der Waals surface area contributed by atoms with E-state index < -0.39 is 4.92 Å². The van der Waals surface area contributed by atoms with Gasteiger partial charge in [-0.1, -0.05) is 11.3 Å². The molecule has 0 bridgehead atoms. The highest BCUT2D eigenvalue weighted by Crippen LogP contribution is 2.40. The zero-order valence-electron chi connectivity index (χ0n) is 14.3. The first-order chi connectivity index (χ1) is 11.9. The smallest absolute Gasteiger partial charge is 0.324 e. The summed E-state index contributed by atoms with van der Waals surface area (Å²) in [5, 5.41) is 10.7. The van der Waals surface area contributed by atoms with Crippen molar-refractivity contribution in [3.8, 4) is 17.2 Å². The number of thiophene rings is 1. The summed E-state index contributed by atoms with van der Waals surface area (Å²) in [6.45, 7) is 0.244. The van der Waals surface area contributed by atoms with Gasteiger partial charge in [0.1, 0.15) is 0 Å². The fraction of sp³-hybridized carbons (Fsp3) is 0.312. The summed E-state index contributed by atoms with van der Waals surface area (Å²) < 4.78 is 16.0. The van der Waals surface area contributed by atoms with E-state index in [1.165, 1.54) is 38.4 Å². The SMILES string of the molecule is COc1ccc(CN(C)C(=O)c2ccc([N+](=O)[O-])s2)c(OC)c1OC. The molecule has 1 aromatic heterocycles. The molecule has 0 fully saturated rings. The summed E-state index contributed by atoms with van der Waals surface area (Å²) in [7, 11) is 6.15. The van der Waals surface area contributed by atoms with E-state index in [-0.39, 0.29) is 17.5 Å². The minimum absolute atomic E-state index is 0.0690. The molecule has 2 aromatic rings. The highest BCUT2D eigenvalue weighted by atomic mass is 32.1. The van der Waals surface area contributed by atoms with Crippen molar-refractivity contribution in [1.29, 1.82) is 0 Å². The number of amides is 1. The molecule has 1 aromatic carbocycles. The van der Waals surface area contributed by atoms with Crippen LogP contribution >= 0.6 is 11.3 Å². The van der Waals surface area contributed by atoms with Gasteiger partial charge in [-0.2, -0.15) is 0 Å². The number of benzene rings is 1. The van der Waals surface area contributed by atoms with Crippen molar-refractivity contribution < 1.29 is 23.9 Å². The van der Waals surface area contributed by atoms with Crippen molar-refractivity contribution in [3.63, 3.8) is 0 Å². The lowest BCUT2D eigenvalue weighted by Crippen LogP contribution is -2.25. The summed E-state index contributed by atoms with van der Waals surface area (Å²) in [6, 6.07) is 6.28. The molecule has 2 rings (SSSR count). The van der Waals surface area contributed by atoms with Crippen LogP contribution in [0.4, 0.5) is 5.00 Å². The highest BCUT2D eigenvalue weighted by molar-refractivity contribution is 7.17. The Morgan fingerprint density at radius 1 is 1.12 bits per heavy atom. The van der Waals surface area contributed by atoms with Gasteiger partial charge in [-0.05, 0) is 18.2 Å². The van der Waals surface area contributed by atoms with E-state index in [4.69, 9.17) is 14.2 Å². The Morgan fingerprint density at radius 3 is 2.32 bits per heavy atom. The maximum Gasteiger partial charge on any atom is 0.324 e. The van der Waals surface area contributed by atoms with Crippen molar-refractivity contribution in [2.24, 2.45) is 0 Å². The van der Waals surface area contributed by atoms with Gasteiger partial charge < -0.3 is 19.1 Å². The van der Waals surface area contributed by atoms with Crippen LogP contribution in [-0.2, 0) is 6.54 Å². The molecule has 134 valence electrons. The Balaban J connectivity index is 2.25. The number of carbonyl (C=O) groups excluding carboxylic acids is 1. The summed E-state index contributed by atoms with van der Waals surface area (Å²) in [5.74, 6) is 1.12. The summed E-state index contributed by atoms with van der Waals surface area (Å²) >= 11 is 0.845. The van der Waals surface area contributed by atoms with Crippen molar-refractivity contribution in [1.82, 2.24) is 4.90 Å². The first kappa shape index (κ1) is 18.5. The second-order valence-corrected chi connectivity index (χ2v) is 6.11. The number of nitrogens with zero attached hydrogens (tertiary/aromatic N) is 2. The average Bonchev–Trinajstić information content (AvgIpc) is 3.10. The zero-order chi connectivity index (χ0) is 18.6. The van der Waals surface area contributed by atoms with Crippen LogP contribution in [0, 0.1) is 10.1 Å².